The van der Waals surface area contributed by atoms with Gasteiger partial charge in [0.15, 0.2) is 0 Å². The molecule has 0 radical (unpaired) electrons. The first kappa shape index (κ1) is 39.9. The van der Waals surface area contributed by atoms with E-state index in [2.05, 4.69) is 82.9 Å². The standard InChI is InChI=1S/C28H60N2.2CH3I/c1-5-7-9-11-13-15-17-21-25-29(3)27-23-19-20-24-28-30(4)26-22-18-16-14-12-10-8-6-2;2*1-2/h5-28H2,1-4H3;2*1H3. The fraction of sp³-hybridized carbons (Fsp3) is 1.00. The number of halogens is 2. The first-order chi connectivity index (χ1) is 16.7. The first-order valence-corrected chi connectivity index (χ1v) is 19.1. The largest absolute Gasteiger partial charge is 0.306 e. The number of rotatable bonds is 25. The average molecular weight is 709 g/mol. The maximum Gasteiger partial charge on any atom is -0.00218 e. The Hall–Kier alpha value is 1.38. The molecule has 0 saturated heterocycles. The van der Waals surface area contributed by atoms with E-state index in [4.69, 9.17) is 0 Å². The monoisotopic (exact) mass is 708 g/mol. The van der Waals surface area contributed by atoms with Gasteiger partial charge >= 0.3 is 0 Å². The SMILES string of the molecule is CCCCCCCCCCN(C)CCCCCCN(C)CCCCCCCCCC.CI.CI. The summed E-state index contributed by atoms with van der Waals surface area (Å²) in [5, 5.41) is 0. The van der Waals surface area contributed by atoms with Crippen LogP contribution in [0.2, 0.25) is 0 Å². The number of hydrogen-bond donors (Lipinski definition) is 0. The minimum Gasteiger partial charge on any atom is -0.306 e. The maximum absolute atomic E-state index is 2.56. The van der Waals surface area contributed by atoms with E-state index in [1.165, 1.54) is 155 Å². The summed E-state index contributed by atoms with van der Waals surface area (Å²) < 4.78 is 0. The van der Waals surface area contributed by atoms with E-state index in [0.29, 0.717) is 0 Å². The van der Waals surface area contributed by atoms with Crippen molar-refractivity contribution in [1.29, 1.82) is 0 Å². The quantitative estimate of drug-likeness (QED) is 0.0529. The predicted octanol–water partition coefficient (Wildman–Crippen LogP) is 10.8. The van der Waals surface area contributed by atoms with Gasteiger partial charge < -0.3 is 9.80 Å². The van der Waals surface area contributed by atoms with Crippen LogP contribution in [-0.4, -0.2) is 59.9 Å². The van der Waals surface area contributed by atoms with Crippen molar-refractivity contribution in [1.82, 2.24) is 9.80 Å². The summed E-state index contributed by atoms with van der Waals surface area (Å²) in [4.78, 5) is 9.06. The molecule has 0 aliphatic rings. The van der Waals surface area contributed by atoms with Gasteiger partial charge in [0.25, 0.3) is 0 Å². The van der Waals surface area contributed by atoms with Gasteiger partial charge in [-0.1, -0.05) is 162 Å². The van der Waals surface area contributed by atoms with Crippen molar-refractivity contribution in [3.8, 4) is 0 Å². The minimum absolute atomic E-state index is 1.30. The Bertz CT molecular complexity index is 286. The molecule has 0 rings (SSSR count). The molecule has 210 valence electrons. The molecule has 0 aliphatic carbocycles. The topological polar surface area (TPSA) is 6.48 Å². The zero-order valence-electron chi connectivity index (χ0n) is 24.6. The molecule has 0 aromatic rings. The van der Waals surface area contributed by atoms with Crippen LogP contribution in [0.15, 0.2) is 0 Å². The highest BCUT2D eigenvalue weighted by molar-refractivity contribution is 14.1. The second-order valence-electron chi connectivity index (χ2n) is 9.97. The van der Waals surface area contributed by atoms with Crippen molar-refractivity contribution in [3.63, 3.8) is 0 Å². The first-order valence-electron chi connectivity index (χ1n) is 14.8. The van der Waals surface area contributed by atoms with Crippen LogP contribution >= 0.6 is 45.2 Å². The van der Waals surface area contributed by atoms with Crippen LogP contribution in [0.4, 0.5) is 0 Å². The highest BCUT2D eigenvalue weighted by Gasteiger charge is 2.01. The van der Waals surface area contributed by atoms with Gasteiger partial charge in [-0.25, -0.2) is 0 Å². The fourth-order valence-corrected chi connectivity index (χ4v) is 4.37. The predicted molar refractivity (Wildman–Crippen MR) is 179 cm³/mol. The average Bonchev–Trinajstić information content (AvgIpc) is 2.87. The molecule has 0 atom stereocenters. The molecular weight excluding hydrogens is 642 g/mol. The van der Waals surface area contributed by atoms with Crippen LogP contribution in [0.5, 0.6) is 0 Å². The molecule has 34 heavy (non-hydrogen) atoms. The van der Waals surface area contributed by atoms with Gasteiger partial charge in [0.1, 0.15) is 0 Å². The van der Waals surface area contributed by atoms with E-state index in [9.17, 15) is 0 Å². The summed E-state index contributed by atoms with van der Waals surface area (Å²) in [5.41, 5.74) is 0. The summed E-state index contributed by atoms with van der Waals surface area (Å²) in [6, 6.07) is 0. The van der Waals surface area contributed by atoms with Gasteiger partial charge in [0.05, 0.1) is 0 Å². The van der Waals surface area contributed by atoms with Crippen LogP contribution in [0.25, 0.3) is 0 Å². The van der Waals surface area contributed by atoms with Gasteiger partial charge in [-0.2, -0.15) is 0 Å². The van der Waals surface area contributed by atoms with Crippen molar-refractivity contribution in [2.75, 3.05) is 50.1 Å². The van der Waals surface area contributed by atoms with Crippen LogP contribution in [0.1, 0.15) is 142 Å². The summed E-state index contributed by atoms with van der Waals surface area (Å²) >= 11 is 4.30. The Morgan fingerprint density at radius 3 is 0.706 bits per heavy atom. The highest BCUT2D eigenvalue weighted by Crippen LogP contribution is 2.10. The Labute approximate surface area is 245 Å². The Kier molecular flexibility index (Phi) is 45.6. The lowest BCUT2D eigenvalue weighted by atomic mass is 10.1. The van der Waals surface area contributed by atoms with Crippen molar-refractivity contribution in [2.45, 2.75) is 142 Å². The molecule has 0 amide bonds. The molecule has 2 nitrogen and oxygen atoms in total. The third-order valence-corrected chi connectivity index (χ3v) is 6.62. The summed E-state index contributed by atoms with van der Waals surface area (Å²) in [5.74, 6) is 0. The molecule has 0 aliphatic heterocycles. The molecular formula is C30H66I2N2. The Morgan fingerprint density at radius 2 is 0.500 bits per heavy atom. The number of unbranched alkanes of at least 4 members (excludes halogenated alkanes) is 17. The van der Waals surface area contributed by atoms with Crippen molar-refractivity contribution < 1.29 is 0 Å². The summed E-state index contributed by atoms with van der Waals surface area (Å²) in [6.45, 7) is 9.79. The Morgan fingerprint density at radius 1 is 0.324 bits per heavy atom. The van der Waals surface area contributed by atoms with E-state index in [1.807, 2.05) is 9.86 Å². The zero-order chi connectivity index (χ0) is 26.1. The number of alkyl halides is 2. The van der Waals surface area contributed by atoms with E-state index in [-0.39, 0.29) is 0 Å². The van der Waals surface area contributed by atoms with E-state index >= 15 is 0 Å². The minimum atomic E-state index is 1.30. The lowest BCUT2D eigenvalue weighted by Crippen LogP contribution is -2.22. The molecule has 0 aromatic heterocycles. The summed E-state index contributed by atoms with van der Waals surface area (Å²) in [7, 11) is 4.64. The zero-order valence-corrected chi connectivity index (χ0v) is 28.9. The maximum atomic E-state index is 2.56. The second-order valence-corrected chi connectivity index (χ2v) is 9.97. The molecule has 0 aromatic carbocycles. The summed E-state index contributed by atoms with van der Waals surface area (Å²) in [6.07, 6.45) is 28.4. The smallest absolute Gasteiger partial charge is 0.00218 e. The second kappa shape index (κ2) is 38.9. The third kappa shape index (κ3) is 37.9. The van der Waals surface area contributed by atoms with Gasteiger partial charge in [-0.05, 0) is 75.8 Å². The third-order valence-electron chi connectivity index (χ3n) is 6.62. The molecule has 0 heterocycles. The number of hydrogen-bond acceptors (Lipinski definition) is 2. The van der Waals surface area contributed by atoms with Gasteiger partial charge in [-0.3, -0.25) is 0 Å². The van der Waals surface area contributed by atoms with Gasteiger partial charge in [-0.15, -0.1) is 0 Å². The molecule has 0 spiro atoms. The lowest BCUT2D eigenvalue weighted by Gasteiger charge is -2.17. The van der Waals surface area contributed by atoms with Crippen LogP contribution in [-0.2, 0) is 0 Å². The highest BCUT2D eigenvalue weighted by atomic mass is 127. The molecule has 4 heteroatoms. The normalized spacial score (nSPS) is 10.8. The van der Waals surface area contributed by atoms with Crippen LogP contribution < -0.4 is 0 Å². The van der Waals surface area contributed by atoms with Crippen molar-refractivity contribution in [3.05, 3.63) is 0 Å². The van der Waals surface area contributed by atoms with Crippen LogP contribution in [0.3, 0.4) is 0 Å². The fourth-order valence-electron chi connectivity index (χ4n) is 4.37. The number of nitrogens with zero attached hydrogens (tertiary/aromatic N) is 2. The van der Waals surface area contributed by atoms with Gasteiger partial charge in [0, 0.05) is 0 Å². The Balaban J connectivity index is -0.00000227. The molecule has 0 fully saturated rings. The van der Waals surface area contributed by atoms with Crippen molar-refractivity contribution >= 4 is 45.2 Å². The van der Waals surface area contributed by atoms with E-state index < -0.39 is 0 Å². The molecule has 0 saturated carbocycles. The van der Waals surface area contributed by atoms with E-state index in [1.54, 1.807) is 0 Å². The van der Waals surface area contributed by atoms with Crippen LogP contribution in [0, 0.1) is 0 Å². The van der Waals surface area contributed by atoms with E-state index in [0.717, 1.165) is 0 Å². The molecule has 0 N–H and O–H groups in total. The molecule has 0 bridgehead atoms. The van der Waals surface area contributed by atoms with Gasteiger partial charge in [0.2, 0.25) is 0 Å². The lowest BCUT2D eigenvalue weighted by molar-refractivity contribution is 0.301. The van der Waals surface area contributed by atoms with Crippen molar-refractivity contribution in [2.24, 2.45) is 0 Å². The molecule has 0 unspecified atom stereocenters.